The van der Waals surface area contributed by atoms with Crippen LogP contribution in [0.15, 0.2) is 18.2 Å². The van der Waals surface area contributed by atoms with Crippen LogP contribution < -0.4 is 10.6 Å². The van der Waals surface area contributed by atoms with Crippen molar-refractivity contribution in [2.24, 2.45) is 0 Å². The summed E-state index contributed by atoms with van der Waals surface area (Å²) in [5.41, 5.74) is 1.98. The van der Waals surface area contributed by atoms with Crippen molar-refractivity contribution >= 4 is 17.9 Å². The maximum absolute atomic E-state index is 13.1. The maximum atomic E-state index is 13.1. The van der Waals surface area contributed by atoms with Crippen LogP contribution in [0.3, 0.4) is 0 Å². The molecule has 0 bridgehead atoms. The highest BCUT2D eigenvalue weighted by Gasteiger charge is 2.33. The average molecular weight is 450 g/mol. The van der Waals surface area contributed by atoms with Gasteiger partial charge >= 0.3 is 6.09 Å². The van der Waals surface area contributed by atoms with Gasteiger partial charge in [0, 0.05) is 13.6 Å². The molecule has 3 N–H and O–H groups in total. The zero-order valence-corrected chi connectivity index (χ0v) is 20.4. The first-order chi connectivity index (χ1) is 14.9. The van der Waals surface area contributed by atoms with E-state index in [1.807, 2.05) is 32.0 Å². The number of alkyl carbamates (subject to hydrolysis) is 1. The van der Waals surface area contributed by atoms with Crippen molar-refractivity contribution in [2.75, 3.05) is 20.2 Å². The Morgan fingerprint density at radius 1 is 1.12 bits per heavy atom. The van der Waals surface area contributed by atoms with Gasteiger partial charge in [0.15, 0.2) is 0 Å². The molecule has 0 aliphatic rings. The number of likely N-dealkylation sites (N-methyl/N-ethyl adjacent to an activating group) is 1. The molecule has 1 rings (SSSR count). The third-order valence-corrected chi connectivity index (χ3v) is 5.08. The second kappa shape index (κ2) is 12.4. The lowest BCUT2D eigenvalue weighted by molar-refractivity contribution is -0.141. The second-order valence-corrected chi connectivity index (χ2v) is 9.07. The molecule has 0 saturated heterocycles. The van der Waals surface area contributed by atoms with Gasteiger partial charge < -0.3 is 25.4 Å². The highest BCUT2D eigenvalue weighted by atomic mass is 16.6. The first-order valence-corrected chi connectivity index (χ1v) is 11.1. The van der Waals surface area contributed by atoms with Crippen molar-refractivity contribution in [3.8, 4) is 0 Å². The minimum absolute atomic E-state index is 0.311. The number of ether oxygens (including phenoxy) is 1. The predicted molar refractivity (Wildman–Crippen MR) is 124 cm³/mol. The van der Waals surface area contributed by atoms with E-state index in [1.54, 1.807) is 20.8 Å². The molecule has 1 aromatic rings. The molecular formula is C24H39N3O5. The zero-order chi connectivity index (χ0) is 24.5. The molecule has 0 heterocycles. The zero-order valence-electron chi connectivity index (χ0n) is 20.4. The highest BCUT2D eigenvalue weighted by Crippen LogP contribution is 2.23. The fourth-order valence-corrected chi connectivity index (χ4v) is 3.18. The van der Waals surface area contributed by atoms with Crippen LogP contribution in [0.1, 0.15) is 69.7 Å². The van der Waals surface area contributed by atoms with Gasteiger partial charge in [-0.3, -0.25) is 9.59 Å². The van der Waals surface area contributed by atoms with E-state index in [4.69, 9.17) is 4.74 Å². The molecule has 0 aromatic heterocycles. The van der Waals surface area contributed by atoms with Gasteiger partial charge in [-0.25, -0.2) is 4.79 Å². The largest absolute Gasteiger partial charge is 0.444 e. The molecule has 32 heavy (non-hydrogen) atoms. The standard InChI is InChI=1S/C24H39N3O5/c1-8-9-10-13-25-21(29)20(18-12-11-16(2)17(3)14-18)27(7)22(30)19(15-28)26-23(31)32-24(4,5)6/h11-12,14,19-20,28H,8-10,13,15H2,1-7H3,(H,25,29)(H,26,31). The Morgan fingerprint density at radius 3 is 2.31 bits per heavy atom. The third kappa shape index (κ3) is 8.49. The summed E-state index contributed by atoms with van der Waals surface area (Å²) in [4.78, 5) is 39.6. The van der Waals surface area contributed by atoms with Crippen molar-refractivity contribution < 1.29 is 24.2 Å². The molecule has 1 aromatic carbocycles. The lowest BCUT2D eigenvalue weighted by Gasteiger charge is -2.31. The first kappa shape index (κ1) is 27.4. The molecule has 0 saturated carbocycles. The number of benzene rings is 1. The molecular weight excluding hydrogens is 410 g/mol. The summed E-state index contributed by atoms with van der Waals surface area (Å²) in [5, 5.41) is 15.0. The van der Waals surface area contributed by atoms with Gasteiger partial charge in [-0.2, -0.15) is 0 Å². The first-order valence-electron chi connectivity index (χ1n) is 11.1. The number of hydrogen-bond acceptors (Lipinski definition) is 5. The number of carbonyl (C=O) groups is 3. The Morgan fingerprint density at radius 2 is 1.78 bits per heavy atom. The lowest BCUT2D eigenvalue weighted by atomic mass is 9.99. The molecule has 8 heteroatoms. The Bertz CT molecular complexity index is 788. The van der Waals surface area contributed by atoms with Crippen LogP contribution in [0.25, 0.3) is 0 Å². The quantitative estimate of drug-likeness (QED) is 0.476. The summed E-state index contributed by atoms with van der Waals surface area (Å²) in [7, 11) is 1.49. The van der Waals surface area contributed by atoms with E-state index >= 15 is 0 Å². The summed E-state index contributed by atoms with van der Waals surface area (Å²) in [5.74, 6) is -0.903. The van der Waals surface area contributed by atoms with Crippen LogP contribution in [0.4, 0.5) is 4.79 Å². The van der Waals surface area contributed by atoms with E-state index in [9.17, 15) is 19.5 Å². The molecule has 0 radical (unpaired) electrons. The van der Waals surface area contributed by atoms with Crippen molar-refractivity contribution in [1.29, 1.82) is 0 Å². The van der Waals surface area contributed by atoms with Crippen LogP contribution in [-0.4, -0.2) is 59.8 Å². The fraction of sp³-hybridized carbons (Fsp3) is 0.625. The monoisotopic (exact) mass is 449 g/mol. The van der Waals surface area contributed by atoms with Crippen molar-refractivity contribution in [3.63, 3.8) is 0 Å². The van der Waals surface area contributed by atoms with Gasteiger partial charge in [-0.05, 0) is 57.7 Å². The van der Waals surface area contributed by atoms with Crippen molar-refractivity contribution in [3.05, 3.63) is 34.9 Å². The maximum Gasteiger partial charge on any atom is 0.408 e. The number of rotatable bonds is 10. The Kier molecular flexibility index (Phi) is 10.7. The van der Waals surface area contributed by atoms with Crippen LogP contribution in [-0.2, 0) is 14.3 Å². The molecule has 2 atom stereocenters. The van der Waals surface area contributed by atoms with Gasteiger partial charge in [0.25, 0.3) is 0 Å². The highest BCUT2D eigenvalue weighted by molar-refractivity contribution is 5.92. The summed E-state index contributed by atoms with van der Waals surface area (Å²) >= 11 is 0. The molecule has 0 aliphatic carbocycles. The van der Waals surface area contributed by atoms with Gasteiger partial charge in [0.1, 0.15) is 17.7 Å². The summed E-state index contributed by atoms with van der Waals surface area (Å²) in [6.45, 7) is 11.0. The number of unbranched alkanes of at least 4 members (excludes halogenated alkanes) is 2. The van der Waals surface area contributed by atoms with Crippen molar-refractivity contribution in [2.45, 2.75) is 78.5 Å². The smallest absolute Gasteiger partial charge is 0.408 e. The van der Waals surface area contributed by atoms with E-state index in [-0.39, 0.29) is 5.91 Å². The molecule has 2 unspecified atom stereocenters. The number of carbonyl (C=O) groups excluding carboxylic acids is 3. The number of nitrogens with zero attached hydrogens (tertiary/aromatic N) is 1. The van der Waals surface area contributed by atoms with Gasteiger partial charge in [0.05, 0.1) is 6.61 Å². The number of amides is 3. The second-order valence-electron chi connectivity index (χ2n) is 9.07. The Labute approximate surface area is 191 Å². The fourth-order valence-electron chi connectivity index (χ4n) is 3.18. The van der Waals surface area contributed by atoms with Gasteiger partial charge in [-0.1, -0.05) is 38.0 Å². The van der Waals surface area contributed by atoms with E-state index in [2.05, 4.69) is 17.6 Å². The van der Waals surface area contributed by atoms with Crippen molar-refractivity contribution in [1.82, 2.24) is 15.5 Å². The molecule has 0 aliphatic heterocycles. The number of hydrogen-bond donors (Lipinski definition) is 3. The minimum atomic E-state index is -1.24. The van der Waals surface area contributed by atoms with E-state index in [0.717, 1.165) is 30.4 Å². The number of aliphatic hydroxyl groups excluding tert-OH is 1. The summed E-state index contributed by atoms with van der Waals surface area (Å²) in [6, 6.07) is 3.46. The summed E-state index contributed by atoms with van der Waals surface area (Å²) < 4.78 is 5.19. The molecule has 0 fully saturated rings. The SMILES string of the molecule is CCCCCNC(=O)C(c1ccc(C)c(C)c1)N(C)C(=O)C(CO)NC(=O)OC(C)(C)C. The molecule has 3 amide bonds. The average Bonchev–Trinajstić information content (AvgIpc) is 2.70. The lowest BCUT2D eigenvalue weighted by Crippen LogP contribution is -2.53. The molecule has 0 spiro atoms. The Balaban J connectivity index is 3.12. The van der Waals surface area contributed by atoms with Gasteiger partial charge in [0.2, 0.25) is 11.8 Å². The number of aryl methyl sites for hydroxylation is 2. The Hall–Kier alpha value is -2.61. The van der Waals surface area contributed by atoms with E-state index < -0.39 is 36.3 Å². The van der Waals surface area contributed by atoms with Crippen LogP contribution in [0.2, 0.25) is 0 Å². The van der Waals surface area contributed by atoms with E-state index in [0.29, 0.717) is 12.1 Å². The number of nitrogens with one attached hydrogen (secondary N) is 2. The topological polar surface area (TPSA) is 108 Å². The van der Waals surface area contributed by atoms with Crippen LogP contribution in [0.5, 0.6) is 0 Å². The summed E-state index contributed by atoms with van der Waals surface area (Å²) in [6.07, 6.45) is 2.06. The van der Waals surface area contributed by atoms with Gasteiger partial charge in [-0.15, -0.1) is 0 Å². The number of aliphatic hydroxyl groups is 1. The molecule has 180 valence electrons. The van der Waals surface area contributed by atoms with Crippen LogP contribution >= 0.6 is 0 Å². The van der Waals surface area contributed by atoms with E-state index in [1.165, 1.54) is 11.9 Å². The minimum Gasteiger partial charge on any atom is -0.444 e. The van der Waals surface area contributed by atoms with Crippen LogP contribution in [0, 0.1) is 13.8 Å². The molecule has 8 nitrogen and oxygen atoms in total. The normalized spacial score (nSPS) is 13.1. The third-order valence-electron chi connectivity index (χ3n) is 5.08. The predicted octanol–water partition coefficient (Wildman–Crippen LogP) is 2.99.